The summed E-state index contributed by atoms with van der Waals surface area (Å²) in [5.74, 6) is 0.895. The number of fused-ring (bicyclic) bond motifs is 1. The topological polar surface area (TPSA) is 30.2 Å². The van der Waals surface area contributed by atoms with E-state index in [1.165, 1.54) is 0 Å². The van der Waals surface area contributed by atoms with Gasteiger partial charge < -0.3 is 11.8 Å². The van der Waals surface area contributed by atoms with E-state index in [9.17, 15) is 0 Å². The molecule has 0 N–H and O–H groups in total. The second-order valence-corrected chi connectivity index (χ2v) is 2.09. The van der Waals surface area contributed by atoms with Gasteiger partial charge in [-0.15, -0.1) is 5.10 Å². The summed E-state index contributed by atoms with van der Waals surface area (Å²) >= 11 is 0. The second kappa shape index (κ2) is 6.81. The molecule has 2 heterocycles. The van der Waals surface area contributed by atoms with Crippen molar-refractivity contribution in [3.63, 3.8) is 0 Å². The van der Waals surface area contributed by atoms with Crippen LogP contribution >= 0.6 is 0 Å². The van der Waals surface area contributed by atoms with Crippen LogP contribution < -0.4 is 0 Å². The van der Waals surface area contributed by atoms with Crippen molar-refractivity contribution in [1.82, 2.24) is 14.6 Å². The number of aromatic nitrogens is 3. The first-order chi connectivity index (χ1) is 4.88. The van der Waals surface area contributed by atoms with Crippen LogP contribution in [0, 0.1) is 20.4 Å². The minimum Gasteiger partial charge on any atom is -0.358 e. The van der Waals surface area contributed by atoms with Gasteiger partial charge >= 0.3 is 21.1 Å². The zero-order valence-corrected chi connectivity index (χ0v) is 13.3. The van der Waals surface area contributed by atoms with Crippen molar-refractivity contribution < 1.29 is 53.8 Å². The van der Waals surface area contributed by atoms with Crippen LogP contribution in [-0.4, -0.2) is 14.6 Å². The molecule has 5 heteroatoms. The van der Waals surface area contributed by atoms with E-state index in [-0.39, 0.29) is 61.2 Å². The summed E-state index contributed by atoms with van der Waals surface area (Å²) in [5, 5.41) is 7.75. The molecule has 3 nitrogen and oxygen atoms in total. The molecule has 2 aromatic rings. The Bertz CT molecular complexity index is 361. The summed E-state index contributed by atoms with van der Waals surface area (Å²) in [4.78, 5) is 0. The van der Waals surface area contributed by atoms with Crippen LogP contribution in [-0.2, 0) is 53.8 Å². The van der Waals surface area contributed by atoms with Gasteiger partial charge in [0.2, 0.25) is 0 Å². The SMILES string of the molecule is Cc1nnc2[c-]cccn12.[CH3-].[W+2].[Y]. The number of rotatable bonds is 0. The molecule has 0 aliphatic rings. The molecule has 13 heavy (non-hydrogen) atoms. The summed E-state index contributed by atoms with van der Waals surface area (Å²) in [6, 6.07) is 6.69. The van der Waals surface area contributed by atoms with Crippen molar-refractivity contribution in [3.05, 3.63) is 37.6 Å². The van der Waals surface area contributed by atoms with Gasteiger partial charge in [0, 0.05) is 32.7 Å². The van der Waals surface area contributed by atoms with Crippen LogP contribution in [0.15, 0.2) is 18.3 Å². The molecule has 1 radical (unpaired) electrons. The van der Waals surface area contributed by atoms with Gasteiger partial charge in [0.15, 0.2) is 0 Å². The Kier molecular flexibility index (Phi) is 8.31. The van der Waals surface area contributed by atoms with E-state index in [1.54, 1.807) is 0 Å². The monoisotopic (exact) mass is 420 g/mol. The van der Waals surface area contributed by atoms with Crippen molar-refractivity contribution in [1.29, 1.82) is 0 Å². The average Bonchev–Trinajstić information content (AvgIpc) is 2.34. The fourth-order valence-corrected chi connectivity index (χ4v) is 0.898. The number of pyridine rings is 1. The second-order valence-electron chi connectivity index (χ2n) is 2.09. The van der Waals surface area contributed by atoms with Crippen LogP contribution in [0.3, 0.4) is 0 Å². The molecule has 0 fully saturated rings. The molecule has 0 aliphatic heterocycles. The number of nitrogens with zero attached hydrogens (tertiary/aromatic N) is 3. The van der Waals surface area contributed by atoms with Crippen LogP contribution in [0.5, 0.6) is 0 Å². The van der Waals surface area contributed by atoms with E-state index in [2.05, 4.69) is 16.3 Å². The van der Waals surface area contributed by atoms with Crippen molar-refractivity contribution in [2.45, 2.75) is 6.92 Å². The van der Waals surface area contributed by atoms with E-state index in [1.807, 2.05) is 29.7 Å². The Morgan fingerprint density at radius 1 is 1.38 bits per heavy atom. The quantitative estimate of drug-likeness (QED) is 0.602. The van der Waals surface area contributed by atoms with E-state index in [0.29, 0.717) is 0 Å². The Labute approximate surface area is 117 Å². The van der Waals surface area contributed by atoms with Crippen LogP contribution in [0.2, 0.25) is 0 Å². The summed E-state index contributed by atoms with van der Waals surface area (Å²) in [6.45, 7) is 1.91. The minimum absolute atomic E-state index is 0. The Hall–Kier alpha value is 0.412. The molecule has 0 aliphatic carbocycles. The van der Waals surface area contributed by atoms with Crippen molar-refractivity contribution >= 4 is 5.65 Å². The Balaban J connectivity index is 0. The number of hydrogen-bond donors (Lipinski definition) is 0. The molecule has 0 amide bonds. The van der Waals surface area contributed by atoms with E-state index >= 15 is 0 Å². The fraction of sp³-hybridized carbons (Fsp3) is 0.125. The molecule has 0 saturated heterocycles. The first-order valence-corrected chi connectivity index (χ1v) is 3.06. The van der Waals surface area contributed by atoms with Crippen molar-refractivity contribution in [2.24, 2.45) is 0 Å². The zero-order valence-electron chi connectivity index (χ0n) is 7.56. The zero-order chi connectivity index (χ0) is 6.97. The molecule has 0 unspecified atom stereocenters. The van der Waals surface area contributed by atoms with Gasteiger partial charge in [0.05, 0.1) is 5.65 Å². The molecule has 65 valence electrons. The minimum atomic E-state index is 0. The summed E-state index contributed by atoms with van der Waals surface area (Å²) in [7, 11) is 0. The maximum atomic E-state index is 3.88. The smallest absolute Gasteiger partial charge is 0.358 e. The Morgan fingerprint density at radius 2 is 2.08 bits per heavy atom. The van der Waals surface area contributed by atoms with Gasteiger partial charge in [0.25, 0.3) is 0 Å². The summed E-state index contributed by atoms with van der Waals surface area (Å²) in [5.41, 5.74) is 0.778. The Morgan fingerprint density at radius 3 is 2.69 bits per heavy atom. The predicted molar refractivity (Wildman–Crippen MR) is 43.0 cm³/mol. The van der Waals surface area contributed by atoms with Gasteiger partial charge in [-0.3, -0.25) is 0 Å². The first-order valence-electron chi connectivity index (χ1n) is 3.06. The predicted octanol–water partition coefficient (Wildman–Crippen LogP) is 1.28. The fourth-order valence-electron chi connectivity index (χ4n) is 0.898. The number of aryl methyl sites for hydroxylation is 1. The van der Waals surface area contributed by atoms with Crippen molar-refractivity contribution in [3.8, 4) is 0 Å². The van der Waals surface area contributed by atoms with Crippen LogP contribution in [0.25, 0.3) is 5.65 Å². The third-order valence-electron chi connectivity index (χ3n) is 1.41. The van der Waals surface area contributed by atoms with E-state index < -0.39 is 0 Å². The number of hydrogen-bond acceptors (Lipinski definition) is 2. The molecule has 0 aromatic carbocycles. The molecule has 0 atom stereocenters. The summed E-state index contributed by atoms with van der Waals surface area (Å²) in [6.07, 6.45) is 1.92. The third kappa shape index (κ3) is 3.23. The summed E-state index contributed by atoms with van der Waals surface area (Å²) < 4.78 is 1.89. The van der Waals surface area contributed by atoms with E-state index in [4.69, 9.17) is 0 Å². The van der Waals surface area contributed by atoms with Gasteiger partial charge in [-0.1, -0.05) is 6.20 Å². The van der Waals surface area contributed by atoms with Crippen molar-refractivity contribution in [2.75, 3.05) is 0 Å². The van der Waals surface area contributed by atoms with Gasteiger partial charge in [-0.25, -0.2) is 12.1 Å². The van der Waals surface area contributed by atoms with Gasteiger partial charge in [-0.2, -0.15) is 11.2 Å². The van der Waals surface area contributed by atoms with Gasteiger partial charge in [-0.05, 0) is 6.92 Å². The maximum absolute atomic E-state index is 3.88. The molecule has 0 spiro atoms. The first kappa shape index (κ1) is 15.9. The molecular weight excluding hydrogens is 411 g/mol. The van der Waals surface area contributed by atoms with Gasteiger partial charge in [0.1, 0.15) is 5.82 Å². The molecule has 2 aromatic heterocycles. The van der Waals surface area contributed by atoms with Crippen LogP contribution in [0.4, 0.5) is 0 Å². The molecule has 2 rings (SSSR count). The average molecular weight is 420 g/mol. The molecule has 0 saturated carbocycles. The van der Waals surface area contributed by atoms with E-state index in [0.717, 1.165) is 11.5 Å². The normalized spacial score (nSPS) is 8.08. The molecule has 0 bridgehead atoms. The largest absolute Gasteiger partial charge is 2.00 e. The maximum Gasteiger partial charge on any atom is 2.00 e. The molecular formula is C8H9N3WY. The van der Waals surface area contributed by atoms with Crippen LogP contribution in [0.1, 0.15) is 5.82 Å². The standard InChI is InChI=1S/C7H6N3.CH3.W.Y/c1-6-8-9-7-4-2-3-5-10(6)7;;;/h2-3,5H,1H3;1H3;;/q2*-1;+2;. The third-order valence-corrected chi connectivity index (χ3v) is 1.41.